The second-order valence-electron chi connectivity index (χ2n) is 7.10. The van der Waals surface area contributed by atoms with E-state index in [1.54, 1.807) is 0 Å². The number of nitrogens with zero attached hydrogens (tertiary/aromatic N) is 2. The Morgan fingerprint density at radius 3 is 2.46 bits per heavy atom. The number of carbonyl (C=O) groups is 5. The molecule has 0 bridgehead atoms. The largest absolute Gasteiger partial charge is 0.480 e. The molecule has 28 heavy (non-hydrogen) atoms. The van der Waals surface area contributed by atoms with E-state index in [9.17, 15) is 24.0 Å². The maximum Gasteiger partial charge on any atom is 0.326 e. The molecule has 2 atom stereocenters. The molecular formula is C18H28N4O6. The van der Waals surface area contributed by atoms with E-state index in [2.05, 4.69) is 11.9 Å². The van der Waals surface area contributed by atoms with Gasteiger partial charge in [-0.2, -0.15) is 0 Å². The number of primary amides is 1. The van der Waals surface area contributed by atoms with Crippen LogP contribution in [0.5, 0.6) is 0 Å². The smallest absolute Gasteiger partial charge is 0.326 e. The maximum absolute atomic E-state index is 12.8. The molecule has 1 rings (SSSR count). The molecule has 0 aromatic rings. The highest BCUT2D eigenvalue weighted by molar-refractivity contribution is 5.95. The predicted molar refractivity (Wildman–Crippen MR) is 99.7 cm³/mol. The van der Waals surface area contributed by atoms with Crippen molar-refractivity contribution in [1.29, 1.82) is 0 Å². The van der Waals surface area contributed by atoms with Gasteiger partial charge in [-0.1, -0.05) is 20.4 Å². The van der Waals surface area contributed by atoms with Crippen molar-refractivity contribution in [1.82, 2.24) is 15.1 Å². The van der Waals surface area contributed by atoms with Gasteiger partial charge in [0.2, 0.25) is 23.6 Å². The van der Waals surface area contributed by atoms with E-state index in [0.29, 0.717) is 6.42 Å². The van der Waals surface area contributed by atoms with Crippen LogP contribution in [0.3, 0.4) is 0 Å². The molecule has 1 heterocycles. The van der Waals surface area contributed by atoms with Gasteiger partial charge < -0.3 is 26.0 Å². The van der Waals surface area contributed by atoms with Crippen molar-refractivity contribution >= 4 is 29.6 Å². The van der Waals surface area contributed by atoms with E-state index in [0.717, 1.165) is 6.08 Å². The molecular weight excluding hydrogens is 368 g/mol. The lowest BCUT2D eigenvalue weighted by Gasteiger charge is -2.40. The Hall–Kier alpha value is -2.91. The highest BCUT2D eigenvalue weighted by Gasteiger charge is 2.37. The van der Waals surface area contributed by atoms with E-state index in [1.807, 2.05) is 13.8 Å². The summed E-state index contributed by atoms with van der Waals surface area (Å²) < 4.78 is 0. The number of rotatable bonds is 10. The number of piperazine rings is 1. The van der Waals surface area contributed by atoms with Gasteiger partial charge in [0, 0.05) is 19.5 Å². The third-order valence-corrected chi connectivity index (χ3v) is 4.38. The zero-order valence-corrected chi connectivity index (χ0v) is 16.2. The van der Waals surface area contributed by atoms with Gasteiger partial charge in [-0.05, 0) is 24.8 Å². The van der Waals surface area contributed by atoms with Crippen LogP contribution in [0.2, 0.25) is 0 Å². The van der Waals surface area contributed by atoms with Crippen LogP contribution in [0.4, 0.5) is 0 Å². The molecule has 2 unspecified atom stereocenters. The topological polar surface area (TPSA) is 150 Å². The Labute approximate surface area is 163 Å². The van der Waals surface area contributed by atoms with Crippen molar-refractivity contribution < 1.29 is 29.1 Å². The Kier molecular flexibility index (Phi) is 8.62. The first-order valence-electron chi connectivity index (χ1n) is 9.09. The molecule has 0 aromatic carbocycles. The molecule has 4 N–H and O–H groups in total. The van der Waals surface area contributed by atoms with E-state index >= 15 is 0 Å². The highest BCUT2D eigenvalue weighted by Crippen LogP contribution is 2.19. The van der Waals surface area contributed by atoms with Crippen LogP contribution in [0.1, 0.15) is 33.1 Å². The number of nitrogens with one attached hydrogen (secondary N) is 1. The number of nitrogens with two attached hydrogens (primary N) is 1. The molecule has 1 aliphatic rings. The number of amides is 4. The van der Waals surface area contributed by atoms with Crippen molar-refractivity contribution in [2.75, 3.05) is 19.6 Å². The Morgan fingerprint density at radius 1 is 1.32 bits per heavy atom. The SMILES string of the molecule is C=CC(=O)N1CCN(CC(=O)NC(CCC(N)=O)C(=O)O)C(=O)C1CC(C)C. The summed E-state index contributed by atoms with van der Waals surface area (Å²) in [5, 5.41) is 11.5. The molecule has 0 aliphatic carbocycles. The number of carboxylic acid groups (broad SMARTS) is 1. The number of hydrogen-bond acceptors (Lipinski definition) is 5. The van der Waals surface area contributed by atoms with Crippen molar-refractivity contribution in [2.24, 2.45) is 11.7 Å². The van der Waals surface area contributed by atoms with E-state index in [1.165, 1.54) is 9.80 Å². The van der Waals surface area contributed by atoms with Crippen molar-refractivity contribution in [2.45, 2.75) is 45.2 Å². The van der Waals surface area contributed by atoms with Gasteiger partial charge in [0.15, 0.2) is 0 Å². The van der Waals surface area contributed by atoms with E-state index < -0.39 is 29.9 Å². The first-order valence-corrected chi connectivity index (χ1v) is 9.09. The second-order valence-corrected chi connectivity index (χ2v) is 7.10. The molecule has 1 fully saturated rings. The standard InChI is InChI=1S/C18H28N4O6/c1-4-16(25)22-8-7-21(17(26)13(22)9-11(2)3)10-15(24)20-12(18(27)28)5-6-14(19)23/h4,11-13H,1,5-10H2,2-3H3,(H2,19,23)(H,20,24)(H,27,28). The summed E-state index contributed by atoms with van der Waals surface area (Å²) in [6.45, 7) is 7.37. The van der Waals surface area contributed by atoms with Gasteiger partial charge in [-0.15, -0.1) is 0 Å². The van der Waals surface area contributed by atoms with Crippen molar-refractivity contribution in [3.05, 3.63) is 12.7 Å². The zero-order valence-electron chi connectivity index (χ0n) is 16.2. The van der Waals surface area contributed by atoms with Gasteiger partial charge >= 0.3 is 5.97 Å². The number of carbonyl (C=O) groups excluding carboxylic acids is 4. The highest BCUT2D eigenvalue weighted by atomic mass is 16.4. The lowest BCUT2D eigenvalue weighted by molar-refractivity contribution is -0.152. The van der Waals surface area contributed by atoms with Crippen LogP contribution in [0, 0.1) is 5.92 Å². The summed E-state index contributed by atoms with van der Waals surface area (Å²) in [6, 6.07) is -1.97. The summed E-state index contributed by atoms with van der Waals surface area (Å²) in [5.41, 5.74) is 5.01. The van der Waals surface area contributed by atoms with Gasteiger partial charge in [0.1, 0.15) is 12.1 Å². The minimum Gasteiger partial charge on any atom is -0.480 e. The summed E-state index contributed by atoms with van der Waals surface area (Å²) >= 11 is 0. The van der Waals surface area contributed by atoms with Crippen LogP contribution in [0.25, 0.3) is 0 Å². The fourth-order valence-corrected chi connectivity index (χ4v) is 3.01. The lowest BCUT2D eigenvalue weighted by Crippen LogP contribution is -2.60. The fourth-order valence-electron chi connectivity index (χ4n) is 3.01. The molecule has 1 aliphatic heterocycles. The van der Waals surface area contributed by atoms with Crippen LogP contribution >= 0.6 is 0 Å². The summed E-state index contributed by atoms with van der Waals surface area (Å²) in [6.07, 6.45) is 1.27. The molecule has 0 saturated carbocycles. The molecule has 1 saturated heterocycles. The quantitative estimate of drug-likeness (QED) is 0.407. The first-order chi connectivity index (χ1) is 13.1. The van der Waals surface area contributed by atoms with Gasteiger partial charge in [0.25, 0.3) is 0 Å². The van der Waals surface area contributed by atoms with Crippen LogP contribution < -0.4 is 11.1 Å². The van der Waals surface area contributed by atoms with Gasteiger partial charge in [0.05, 0.1) is 6.54 Å². The monoisotopic (exact) mass is 396 g/mol. The molecule has 4 amide bonds. The van der Waals surface area contributed by atoms with Crippen LogP contribution in [-0.2, 0) is 24.0 Å². The zero-order chi connectivity index (χ0) is 21.4. The van der Waals surface area contributed by atoms with Crippen LogP contribution in [0.15, 0.2) is 12.7 Å². The normalized spacial score (nSPS) is 18.0. The van der Waals surface area contributed by atoms with Crippen LogP contribution in [-0.4, -0.2) is 76.2 Å². The van der Waals surface area contributed by atoms with Crippen molar-refractivity contribution in [3.63, 3.8) is 0 Å². The van der Waals surface area contributed by atoms with E-state index in [4.69, 9.17) is 10.8 Å². The lowest BCUT2D eigenvalue weighted by atomic mass is 9.99. The minimum atomic E-state index is -1.29. The molecule has 0 aromatic heterocycles. The average molecular weight is 396 g/mol. The second kappa shape index (κ2) is 10.4. The van der Waals surface area contributed by atoms with Crippen molar-refractivity contribution in [3.8, 4) is 0 Å². The van der Waals surface area contributed by atoms with E-state index in [-0.39, 0.29) is 50.2 Å². The number of carboxylic acids is 1. The Balaban J connectivity index is 2.79. The summed E-state index contributed by atoms with van der Waals surface area (Å²) in [5.74, 6) is -3.19. The average Bonchev–Trinajstić information content (AvgIpc) is 2.60. The number of hydrogen-bond donors (Lipinski definition) is 3. The first kappa shape index (κ1) is 23.1. The summed E-state index contributed by atoms with van der Waals surface area (Å²) in [7, 11) is 0. The molecule has 10 nitrogen and oxygen atoms in total. The molecule has 0 spiro atoms. The third kappa shape index (κ3) is 6.67. The van der Waals surface area contributed by atoms with Gasteiger partial charge in [-0.3, -0.25) is 19.2 Å². The number of aliphatic carboxylic acids is 1. The minimum absolute atomic E-state index is 0.137. The fraction of sp³-hybridized carbons (Fsp3) is 0.611. The Morgan fingerprint density at radius 2 is 1.96 bits per heavy atom. The third-order valence-electron chi connectivity index (χ3n) is 4.38. The Bertz CT molecular complexity index is 648. The molecule has 156 valence electrons. The predicted octanol–water partition coefficient (Wildman–Crippen LogP) is -0.907. The molecule has 0 radical (unpaired) electrons. The van der Waals surface area contributed by atoms with Gasteiger partial charge in [-0.25, -0.2) is 4.79 Å². The maximum atomic E-state index is 12.8. The summed E-state index contributed by atoms with van der Waals surface area (Å²) in [4.78, 5) is 61.9. The molecule has 10 heteroatoms.